The Kier molecular flexibility index (Phi) is 4.40. The van der Waals surface area contributed by atoms with Crippen molar-refractivity contribution in [1.82, 2.24) is 10.2 Å². The molecule has 0 aromatic heterocycles. The van der Waals surface area contributed by atoms with Gasteiger partial charge in [-0.05, 0) is 32.2 Å². The lowest BCUT2D eigenvalue weighted by molar-refractivity contribution is -0.136. The van der Waals surface area contributed by atoms with E-state index in [0.29, 0.717) is 18.4 Å². The van der Waals surface area contributed by atoms with E-state index in [2.05, 4.69) is 10.2 Å². The lowest BCUT2D eigenvalue weighted by Crippen LogP contribution is -2.52. The monoisotopic (exact) mass is 240 g/mol. The first kappa shape index (κ1) is 12.8. The van der Waals surface area contributed by atoms with E-state index in [1.807, 2.05) is 0 Å². The second-order valence-electron chi connectivity index (χ2n) is 5.44. The number of likely N-dealkylation sites (tertiary alicyclic amines) is 1. The summed E-state index contributed by atoms with van der Waals surface area (Å²) in [7, 11) is 1.65. The van der Waals surface area contributed by atoms with Crippen molar-refractivity contribution < 1.29 is 9.53 Å². The first-order chi connectivity index (χ1) is 8.26. The van der Waals surface area contributed by atoms with E-state index < -0.39 is 0 Å². The molecule has 2 rings (SSSR count). The Morgan fingerprint density at radius 1 is 1.41 bits per heavy atom. The summed E-state index contributed by atoms with van der Waals surface area (Å²) in [5.41, 5.74) is 0.360. The highest BCUT2D eigenvalue weighted by molar-refractivity contribution is 5.76. The van der Waals surface area contributed by atoms with Crippen LogP contribution in [0.1, 0.15) is 32.1 Å². The van der Waals surface area contributed by atoms with Crippen molar-refractivity contribution >= 4 is 5.91 Å². The van der Waals surface area contributed by atoms with Gasteiger partial charge < -0.3 is 15.0 Å². The molecule has 0 aromatic carbocycles. The van der Waals surface area contributed by atoms with Gasteiger partial charge in [0.1, 0.15) is 0 Å². The van der Waals surface area contributed by atoms with Crippen LogP contribution in [0.4, 0.5) is 0 Å². The molecule has 0 radical (unpaired) electrons. The normalized spacial score (nSPS) is 29.6. The fourth-order valence-electron chi connectivity index (χ4n) is 3.15. The number of carbonyl (C=O) groups is 1. The van der Waals surface area contributed by atoms with Gasteiger partial charge in [0.25, 0.3) is 0 Å². The number of amides is 1. The van der Waals surface area contributed by atoms with E-state index in [4.69, 9.17) is 4.74 Å². The zero-order chi connectivity index (χ0) is 12.1. The summed E-state index contributed by atoms with van der Waals surface area (Å²) in [5.74, 6) is 0.261. The van der Waals surface area contributed by atoms with Crippen LogP contribution >= 0.6 is 0 Å². The number of hydrogen-bond donors (Lipinski definition) is 1. The summed E-state index contributed by atoms with van der Waals surface area (Å²) in [5, 5.41) is 3.49. The van der Waals surface area contributed by atoms with Gasteiger partial charge in [-0.1, -0.05) is 0 Å². The smallest absolute Gasteiger partial charge is 0.224 e. The third kappa shape index (κ3) is 3.19. The third-order valence-corrected chi connectivity index (χ3v) is 4.09. The topological polar surface area (TPSA) is 41.6 Å². The van der Waals surface area contributed by atoms with E-state index in [-0.39, 0.29) is 5.91 Å². The van der Waals surface area contributed by atoms with E-state index in [9.17, 15) is 4.79 Å². The minimum absolute atomic E-state index is 0.261. The average Bonchev–Trinajstić information content (AvgIpc) is 2.37. The van der Waals surface area contributed by atoms with Crippen molar-refractivity contribution in [2.75, 3.05) is 39.9 Å². The zero-order valence-corrected chi connectivity index (χ0v) is 10.8. The van der Waals surface area contributed by atoms with Crippen molar-refractivity contribution in [3.63, 3.8) is 0 Å². The Morgan fingerprint density at radius 2 is 2.24 bits per heavy atom. The van der Waals surface area contributed by atoms with Gasteiger partial charge >= 0.3 is 0 Å². The van der Waals surface area contributed by atoms with Gasteiger partial charge in [-0.3, -0.25) is 4.79 Å². The Balaban J connectivity index is 1.89. The number of piperidine rings is 2. The van der Waals surface area contributed by atoms with Gasteiger partial charge in [0.05, 0.1) is 13.0 Å². The number of methoxy groups -OCH3 is 1. The molecular weight excluding hydrogens is 216 g/mol. The number of hydrogen-bond acceptors (Lipinski definition) is 3. The number of rotatable bonds is 3. The van der Waals surface area contributed by atoms with Gasteiger partial charge in [0.15, 0.2) is 0 Å². The standard InChI is InChI=1S/C13H24N2O2/c1-17-9-4-12(16)15-8-3-6-13(11-15)5-2-7-14-10-13/h14H,2-11H2,1H3. The summed E-state index contributed by atoms with van der Waals surface area (Å²) < 4.78 is 4.98. The Labute approximate surface area is 104 Å². The van der Waals surface area contributed by atoms with E-state index in [1.54, 1.807) is 7.11 Å². The highest BCUT2D eigenvalue weighted by Crippen LogP contribution is 2.35. The van der Waals surface area contributed by atoms with Crippen LogP contribution in [0, 0.1) is 5.41 Å². The molecule has 2 fully saturated rings. The minimum atomic E-state index is 0.261. The van der Waals surface area contributed by atoms with Crippen molar-refractivity contribution in [2.45, 2.75) is 32.1 Å². The molecule has 0 aromatic rings. The molecule has 1 atom stereocenters. The van der Waals surface area contributed by atoms with Crippen molar-refractivity contribution in [2.24, 2.45) is 5.41 Å². The quantitative estimate of drug-likeness (QED) is 0.800. The highest BCUT2D eigenvalue weighted by Gasteiger charge is 2.37. The number of ether oxygens (including phenoxy) is 1. The summed E-state index contributed by atoms with van der Waals surface area (Å²) in [6.45, 7) is 4.65. The number of carbonyl (C=O) groups excluding carboxylic acids is 1. The van der Waals surface area contributed by atoms with Crippen LogP contribution in [0.3, 0.4) is 0 Å². The van der Waals surface area contributed by atoms with E-state index in [0.717, 1.165) is 32.6 Å². The van der Waals surface area contributed by atoms with Crippen molar-refractivity contribution in [1.29, 1.82) is 0 Å². The Hall–Kier alpha value is -0.610. The first-order valence-electron chi connectivity index (χ1n) is 6.73. The fourth-order valence-corrected chi connectivity index (χ4v) is 3.15. The molecule has 4 nitrogen and oxygen atoms in total. The molecule has 2 heterocycles. The van der Waals surface area contributed by atoms with Crippen LogP contribution < -0.4 is 5.32 Å². The molecular formula is C13H24N2O2. The molecule has 2 aliphatic rings. The van der Waals surface area contributed by atoms with Crippen LogP contribution in [-0.4, -0.2) is 50.7 Å². The highest BCUT2D eigenvalue weighted by atomic mass is 16.5. The van der Waals surface area contributed by atoms with Gasteiger partial charge in [-0.15, -0.1) is 0 Å². The molecule has 0 aliphatic carbocycles. The van der Waals surface area contributed by atoms with Crippen LogP contribution in [0.2, 0.25) is 0 Å². The largest absolute Gasteiger partial charge is 0.384 e. The third-order valence-electron chi connectivity index (χ3n) is 4.09. The summed E-state index contributed by atoms with van der Waals surface area (Å²) in [6, 6.07) is 0. The predicted molar refractivity (Wildman–Crippen MR) is 66.8 cm³/mol. The Bertz CT molecular complexity index is 257. The van der Waals surface area contributed by atoms with E-state index in [1.165, 1.54) is 19.3 Å². The second kappa shape index (κ2) is 5.83. The molecule has 4 heteroatoms. The van der Waals surface area contributed by atoms with E-state index >= 15 is 0 Å². The van der Waals surface area contributed by atoms with Gasteiger partial charge in [-0.2, -0.15) is 0 Å². The van der Waals surface area contributed by atoms with Crippen LogP contribution in [-0.2, 0) is 9.53 Å². The summed E-state index contributed by atoms with van der Waals surface area (Å²) in [4.78, 5) is 14.1. The van der Waals surface area contributed by atoms with Gasteiger partial charge in [0.2, 0.25) is 5.91 Å². The Morgan fingerprint density at radius 3 is 2.94 bits per heavy atom. The minimum Gasteiger partial charge on any atom is -0.384 e. The molecule has 2 saturated heterocycles. The number of nitrogens with one attached hydrogen (secondary N) is 1. The van der Waals surface area contributed by atoms with Gasteiger partial charge in [0, 0.05) is 32.2 Å². The molecule has 1 amide bonds. The lowest BCUT2D eigenvalue weighted by Gasteiger charge is -2.45. The summed E-state index contributed by atoms with van der Waals surface area (Å²) >= 11 is 0. The molecule has 1 N–H and O–H groups in total. The predicted octanol–water partition coefficient (Wildman–Crippen LogP) is 1.02. The fraction of sp³-hybridized carbons (Fsp3) is 0.923. The molecule has 17 heavy (non-hydrogen) atoms. The van der Waals surface area contributed by atoms with Crippen LogP contribution in [0.25, 0.3) is 0 Å². The van der Waals surface area contributed by atoms with Crippen LogP contribution in [0.5, 0.6) is 0 Å². The number of nitrogens with zero attached hydrogens (tertiary/aromatic N) is 1. The maximum Gasteiger partial charge on any atom is 0.224 e. The first-order valence-corrected chi connectivity index (χ1v) is 6.73. The maximum absolute atomic E-state index is 12.0. The van der Waals surface area contributed by atoms with Crippen LogP contribution in [0.15, 0.2) is 0 Å². The lowest BCUT2D eigenvalue weighted by atomic mass is 9.74. The SMILES string of the molecule is COCCC(=O)N1CCCC2(CCCNC2)C1. The molecule has 98 valence electrons. The summed E-state index contributed by atoms with van der Waals surface area (Å²) in [6.07, 6.45) is 5.47. The maximum atomic E-state index is 12.0. The average molecular weight is 240 g/mol. The van der Waals surface area contributed by atoms with Crippen molar-refractivity contribution in [3.8, 4) is 0 Å². The molecule has 0 bridgehead atoms. The molecule has 1 spiro atoms. The molecule has 2 aliphatic heterocycles. The molecule has 1 unspecified atom stereocenters. The van der Waals surface area contributed by atoms with Gasteiger partial charge in [-0.25, -0.2) is 0 Å². The second-order valence-corrected chi connectivity index (χ2v) is 5.44. The molecule has 0 saturated carbocycles. The van der Waals surface area contributed by atoms with Crippen molar-refractivity contribution in [3.05, 3.63) is 0 Å². The zero-order valence-electron chi connectivity index (χ0n) is 10.8.